The van der Waals surface area contributed by atoms with Crippen molar-refractivity contribution < 1.29 is 14.0 Å². The maximum atomic E-state index is 5.61. The van der Waals surface area contributed by atoms with Crippen molar-refractivity contribution in [2.75, 3.05) is 19.8 Å². The zero-order valence-corrected chi connectivity index (χ0v) is 13.1. The number of aromatic nitrogens is 2. The molecule has 1 aromatic carbocycles. The van der Waals surface area contributed by atoms with E-state index in [0.29, 0.717) is 18.3 Å². The van der Waals surface area contributed by atoms with E-state index in [1.54, 1.807) is 0 Å². The molecular weight excluding hydrogens is 306 g/mol. The fourth-order valence-corrected chi connectivity index (χ4v) is 2.81. The maximum absolute atomic E-state index is 5.61. The van der Waals surface area contributed by atoms with E-state index >= 15 is 0 Å². The van der Waals surface area contributed by atoms with E-state index in [-0.39, 0.29) is 24.6 Å². The summed E-state index contributed by atoms with van der Waals surface area (Å²) >= 11 is 0. The Morgan fingerprint density at radius 3 is 3.05 bits per heavy atom. The Kier molecular flexibility index (Phi) is 4.33. The molecule has 1 fully saturated rings. The second-order valence-corrected chi connectivity index (χ2v) is 5.38. The first-order valence-electron chi connectivity index (χ1n) is 7.26. The molecule has 1 saturated heterocycles. The molecule has 2 atom stereocenters. The molecule has 22 heavy (non-hydrogen) atoms. The summed E-state index contributed by atoms with van der Waals surface area (Å²) in [7, 11) is 0. The van der Waals surface area contributed by atoms with Crippen LogP contribution in [0.25, 0.3) is 11.4 Å². The van der Waals surface area contributed by atoms with Crippen LogP contribution in [0.5, 0.6) is 5.75 Å². The fourth-order valence-electron chi connectivity index (χ4n) is 2.81. The highest BCUT2D eigenvalue weighted by Gasteiger charge is 2.28. The van der Waals surface area contributed by atoms with Crippen molar-refractivity contribution in [2.45, 2.75) is 25.5 Å². The summed E-state index contributed by atoms with van der Waals surface area (Å²) in [6, 6.07) is 5.97. The number of benzene rings is 1. The molecule has 3 heterocycles. The van der Waals surface area contributed by atoms with Crippen LogP contribution in [-0.2, 0) is 11.2 Å². The fraction of sp³-hybridized carbons (Fsp3) is 0.467. The van der Waals surface area contributed by atoms with Gasteiger partial charge in [0.25, 0.3) is 0 Å². The van der Waals surface area contributed by atoms with Gasteiger partial charge < -0.3 is 19.3 Å². The highest BCUT2D eigenvalue weighted by Crippen LogP contribution is 2.30. The quantitative estimate of drug-likeness (QED) is 0.913. The Morgan fingerprint density at radius 2 is 2.18 bits per heavy atom. The first kappa shape index (κ1) is 15.3. The zero-order chi connectivity index (χ0) is 14.2. The van der Waals surface area contributed by atoms with Crippen LogP contribution in [-0.4, -0.2) is 36.0 Å². The number of rotatable bonds is 2. The second kappa shape index (κ2) is 6.24. The average Bonchev–Trinajstić information content (AvgIpc) is 3.16. The minimum Gasteiger partial charge on any atom is -0.493 e. The number of ether oxygens (including phenoxy) is 2. The van der Waals surface area contributed by atoms with Crippen LogP contribution in [0, 0.1) is 0 Å². The molecule has 2 aliphatic rings. The molecule has 7 heteroatoms. The molecule has 118 valence electrons. The Labute approximate surface area is 134 Å². The third-order valence-corrected chi connectivity index (χ3v) is 3.97. The van der Waals surface area contributed by atoms with Crippen LogP contribution in [0.4, 0.5) is 0 Å². The average molecular weight is 324 g/mol. The molecule has 0 amide bonds. The lowest BCUT2D eigenvalue weighted by Crippen LogP contribution is -2.40. The van der Waals surface area contributed by atoms with Gasteiger partial charge in [-0.05, 0) is 30.7 Å². The lowest BCUT2D eigenvalue weighted by atomic mass is 10.1. The van der Waals surface area contributed by atoms with Gasteiger partial charge in [0, 0.05) is 18.5 Å². The van der Waals surface area contributed by atoms with Gasteiger partial charge in [0.05, 0.1) is 19.3 Å². The largest absolute Gasteiger partial charge is 0.493 e. The van der Waals surface area contributed by atoms with Gasteiger partial charge in [-0.15, -0.1) is 12.4 Å². The van der Waals surface area contributed by atoms with Gasteiger partial charge in [0.1, 0.15) is 11.8 Å². The molecule has 2 aromatic rings. The molecule has 1 aromatic heterocycles. The molecule has 2 aliphatic heterocycles. The normalized spacial score (nSPS) is 23.5. The van der Waals surface area contributed by atoms with Crippen LogP contribution in [0.3, 0.4) is 0 Å². The monoisotopic (exact) mass is 323 g/mol. The molecule has 6 nitrogen and oxygen atoms in total. The SMILES string of the molecule is C[C@H]1OCCN[C@@H]1c1nc(-c2ccc3c(c2)CCO3)no1.Cl. The zero-order valence-electron chi connectivity index (χ0n) is 12.2. The van der Waals surface area contributed by atoms with E-state index in [2.05, 4.69) is 21.5 Å². The molecule has 0 aliphatic carbocycles. The topological polar surface area (TPSA) is 69.4 Å². The summed E-state index contributed by atoms with van der Waals surface area (Å²) in [5.41, 5.74) is 2.16. The Bertz CT molecular complexity index is 661. The third kappa shape index (κ3) is 2.69. The highest BCUT2D eigenvalue weighted by atomic mass is 35.5. The predicted molar refractivity (Wildman–Crippen MR) is 82.3 cm³/mol. The Balaban J connectivity index is 0.00000144. The van der Waals surface area contributed by atoms with Crippen LogP contribution in [0.2, 0.25) is 0 Å². The van der Waals surface area contributed by atoms with Crippen molar-refractivity contribution in [3.8, 4) is 17.1 Å². The molecule has 4 rings (SSSR count). The standard InChI is InChI=1S/C15H17N3O3.ClH/c1-9-13(16-5-7-19-9)15-17-14(18-21-15)11-2-3-12-10(8-11)4-6-20-12;/h2-3,8-9,13,16H,4-7H2,1H3;1H/t9-,13+;/m1./s1. The van der Waals surface area contributed by atoms with Gasteiger partial charge in [0.15, 0.2) is 0 Å². The smallest absolute Gasteiger partial charge is 0.246 e. The van der Waals surface area contributed by atoms with Gasteiger partial charge in [-0.3, -0.25) is 0 Å². The van der Waals surface area contributed by atoms with E-state index in [1.165, 1.54) is 5.56 Å². The second-order valence-electron chi connectivity index (χ2n) is 5.38. The number of hydrogen-bond acceptors (Lipinski definition) is 6. The lowest BCUT2D eigenvalue weighted by molar-refractivity contribution is -0.00136. The van der Waals surface area contributed by atoms with Gasteiger partial charge in [-0.2, -0.15) is 4.98 Å². The molecule has 0 saturated carbocycles. The summed E-state index contributed by atoms with van der Waals surface area (Å²) < 4.78 is 16.5. The summed E-state index contributed by atoms with van der Waals surface area (Å²) in [6.07, 6.45) is 0.962. The van der Waals surface area contributed by atoms with Crippen molar-refractivity contribution in [3.63, 3.8) is 0 Å². The molecule has 0 spiro atoms. The van der Waals surface area contributed by atoms with Gasteiger partial charge in [-0.25, -0.2) is 0 Å². The minimum absolute atomic E-state index is 0. The van der Waals surface area contributed by atoms with Crippen LogP contribution in [0.1, 0.15) is 24.4 Å². The molecular formula is C15H18ClN3O3. The van der Waals surface area contributed by atoms with E-state index in [4.69, 9.17) is 14.0 Å². The van der Waals surface area contributed by atoms with Crippen molar-refractivity contribution >= 4 is 12.4 Å². The van der Waals surface area contributed by atoms with Gasteiger partial charge in [0.2, 0.25) is 11.7 Å². The number of fused-ring (bicyclic) bond motifs is 1. The Morgan fingerprint density at radius 1 is 1.27 bits per heavy atom. The van der Waals surface area contributed by atoms with Crippen LogP contribution >= 0.6 is 12.4 Å². The third-order valence-electron chi connectivity index (χ3n) is 3.97. The summed E-state index contributed by atoms with van der Waals surface area (Å²) in [6.45, 7) is 4.26. The van der Waals surface area contributed by atoms with Crippen molar-refractivity contribution in [2.24, 2.45) is 0 Å². The first-order chi connectivity index (χ1) is 10.3. The van der Waals surface area contributed by atoms with E-state index in [0.717, 1.165) is 30.9 Å². The van der Waals surface area contributed by atoms with Crippen molar-refractivity contribution in [1.29, 1.82) is 0 Å². The van der Waals surface area contributed by atoms with Crippen molar-refractivity contribution in [3.05, 3.63) is 29.7 Å². The summed E-state index contributed by atoms with van der Waals surface area (Å²) in [4.78, 5) is 4.52. The van der Waals surface area contributed by atoms with Gasteiger partial charge in [-0.1, -0.05) is 5.16 Å². The maximum Gasteiger partial charge on any atom is 0.246 e. The number of nitrogens with zero attached hydrogens (tertiary/aromatic N) is 2. The predicted octanol–water partition coefficient (Wildman–Crippen LogP) is 2.14. The summed E-state index contributed by atoms with van der Waals surface area (Å²) in [5, 5.41) is 7.45. The molecule has 1 N–H and O–H groups in total. The van der Waals surface area contributed by atoms with E-state index in [9.17, 15) is 0 Å². The van der Waals surface area contributed by atoms with Crippen LogP contribution in [0.15, 0.2) is 22.7 Å². The Hall–Kier alpha value is -1.63. The van der Waals surface area contributed by atoms with Gasteiger partial charge >= 0.3 is 0 Å². The first-order valence-corrected chi connectivity index (χ1v) is 7.26. The molecule has 0 unspecified atom stereocenters. The van der Waals surface area contributed by atoms with Crippen LogP contribution < -0.4 is 10.1 Å². The lowest BCUT2D eigenvalue weighted by Gasteiger charge is -2.27. The number of hydrogen-bond donors (Lipinski definition) is 1. The van der Waals surface area contributed by atoms with E-state index in [1.807, 2.05) is 19.1 Å². The molecule has 0 radical (unpaired) electrons. The highest BCUT2D eigenvalue weighted by molar-refractivity contribution is 5.85. The van der Waals surface area contributed by atoms with Crippen molar-refractivity contribution in [1.82, 2.24) is 15.5 Å². The minimum atomic E-state index is -0.0437. The molecule has 0 bridgehead atoms. The number of halogens is 1. The number of nitrogens with one attached hydrogen (secondary N) is 1. The number of morpholine rings is 1. The van der Waals surface area contributed by atoms with E-state index < -0.39 is 0 Å². The summed E-state index contributed by atoms with van der Waals surface area (Å²) in [5.74, 6) is 2.15.